The standard InChI is InChI=1S/C17H21N5O3/c1-11-4-3-5-14(20-11)17(24)22-6-7-25-15(10-22)16-19-9-13(21-16)8-18-12(2)23/h3-5,9,15H,6-8,10H2,1-2H3,(H,18,23)(H,19,21). The van der Waals surface area contributed by atoms with E-state index in [-0.39, 0.29) is 17.9 Å². The Labute approximate surface area is 145 Å². The van der Waals surface area contributed by atoms with E-state index in [1.54, 1.807) is 17.2 Å². The number of H-pyrrole nitrogens is 1. The number of amides is 2. The molecule has 3 rings (SSSR count). The van der Waals surface area contributed by atoms with Gasteiger partial charge in [0.25, 0.3) is 5.91 Å². The summed E-state index contributed by atoms with van der Waals surface area (Å²) >= 11 is 0. The smallest absolute Gasteiger partial charge is 0.272 e. The maximum Gasteiger partial charge on any atom is 0.272 e. The van der Waals surface area contributed by atoms with E-state index in [9.17, 15) is 9.59 Å². The fraction of sp³-hybridized carbons (Fsp3) is 0.412. The first-order chi connectivity index (χ1) is 12.0. The number of aromatic nitrogens is 3. The van der Waals surface area contributed by atoms with Crippen molar-refractivity contribution in [2.24, 2.45) is 0 Å². The van der Waals surface area contributed by atoms with Gasteiger partial charge in [0.15, 0.2) is 0 Å². The lowest BCUT2D eigenvalue weighted by Gasteiger charge is -2.31. The van der Waals surface area contributed by atoms with Crippen molar-refractivity contribution in [2.75, 3.05) is 19.7 Å². The Hall–Kier alpha value is -2.74. The first-order valence-electron chi connectivity index (χ1n) is 8.15. The minimum atomic E-state index is -0.325. The average molecular weight is 343 g/mol. The Bertz CT molecular complexity index is 773. The summed E-state index contributed by atoms with van der Waals surface area (Å²) in [5, 5.41) is 2.71. The molecule has 25 heavy (non-hydrogen) atoms. The van der Waals surface area contributed by atoms with Crippen molar-refractivity contribution >= 4 is 11.8 Å². The second-order valence-electron chi connectivity index (χ2n) is 5.98. The molecule has 2 N–H and O–H groups in total. The molecule has 1 aliphatic rings. The number of hydrogen-bond donors (Lipinski definition) is 2. The Morgan fingerprint density at radius 1 is 1.44 bits per heavy atom. The molecule has 0 radical (unpaired) electrons. The summed E-state index contributed by atoms with van der Waals surface area (Å²) in [6, 6.07) is 5.41. The number of rotatable bonds is 4. The molecule has 2 aromatic rings. The van der Waals surface area contributed by atoms with Crippen LogP contribution in [-0.2, 0) is 16.1 Å². The highest BCUT2D eigenvalue weighted by molar-refractivity contribution is 5.92. The third-order valence-corrected chi connectivity index (χ3v) is 3.94. The van der Waals surface area contributed by atoms with E-state index < -0.39 is 0 Å². The van der Waals surface area contributed by atoms with Crippen molar-refractivity contribution in [3.63, 3.8) is 0 Å². The Morgan fingerprint density at radius 3 is 3.04 bits per heavy atom. The molecular weight excluding hydrogens is 322 g/mol. The zero-order valence-corrected chi connectivity index (χ0v) is 14.3. The Balaban J connectivity index is 1.67. The molecule has 132 valence electrons. The highest BCUT2D eigenvalue weighted by atomic mass is 16.5. The topological polar surface area (TPSA) is 100 Å². The number of ether oxygens (including phenoxy) is 1. The van der Waals surface area contributed by atoms with Crippen molar-refractivity contribution in [3.8, 4) is 0 Å². The molecule has 0 aromatic carbocycles. The van der Waals surface area contributed by atoms with E-state index in [4.69, 9.17) is 4.74 Å². The van der Waals surface area contributed by atoms with E-state index in [1.807, 2.05) is 19.1 Å². The molecule has 8 heteroatoms. The van der Waals surface area contributed by atoms with E-state index in [1.165, 1.54) is 6.92 Å². The quantitative estimate of drug-likeness (QED) is 0.861. The van der Waals surface area contributed by atoms with Crippen LogP contribution in [0.2, 0.25) is 0 Å². The lowest BCUT2D eigenvalue weighted by atomic mass is 10.2. The summed E-state index contributed by atoms with van der Waals surface area (Å²) in [6.07, 6.45) is 1.34. The van der Waals surface area contributed by atoms with Gasteiger partial charge in [0, 0.05) is 19.2 Å². The van der Waals surface area contributed by atoms with Crippen molar-refractivity contribution in [2.45, 2.75) is 26.5 Å². The maximum atomic E-state index is 12.6. The number of carbonyl (C=O) groups excluding carboxylic acids is 2. The average Bonchev–Trinajstić information content (AvgIpc) is 3.08. The molecule has 3 heterocycles. The Kier molecular flexibility index (Phi) is 5.08. The summed E-state index contributed by atoms with van der Waals surface area (Å²) in [4.78, 5) is 37.1. The predicted molar refractivity (Wildman–Crippen MR) is 89.7 cm³/mol. The molecule has 0 bridgehead atoms. The summed E-state index contributed by atoms with van der Waals surface area (Å²) in [5.41, 5.74) is 2.04. The summed E-state index contributed by atoms with van der Waals surface area (Å²) < 4.78 is 5.75. The van der Waals surface area contributed by atoms with Crippen LogP contribution in [0, 0.1) is 6.92 Å². The van der Waals surface area contributed by atoms with E-state index in [2.05, 4.69) is 20.3 Å². The van der Waals surface area contributed by atoms with Crippen LogP contribution in [0.25, 0.3) is 0 Å². The van der Waals surface area contributed by atoms with Crippen molar-refractivity contribution in [1.29, 1.82) is 0 Å². The summed E-state index contributed by atoms with van der Waals surface area (Å²) in [6.45, 7) is 5.06. The fourth-order valence-corrected chi connectivity index (χ4v) is 2.67. The largest absolute Gasteiger partial charge is 0.367 e. The van der Waals surface area contributed by atoms with Crippen LogP contribution in [0.1, 0.15) is 40.7 Å². The number of nitrogens with zero attached hydrogens (tertiary/aromatic N) is 3. The molecular formula is C17H21N5O3. The van der Waals surface area contributed by atoms with E-state index >= 15 is 0 Å². The van der Waals surface area contributed by atoms with Crippen LogP contribution in [0.15, 0.2) is 24.4 Å². The second-order valence-corrected chi connectivity index (χ2v) is 5.98. The monoisotopic (exact) mass is 343 g/mol. The third-order valence-electron chi connectivity index (χ3n) is 3.94. The normalized spacial score (nSPS) is 17.4. The molecule has 1 aliphatic heterocycles. The van der Waals surface area contributed by atoms with Crippen molar-refractivity contribution < 1.29 is 14.3 Å². The van der Waals surface area contributed by atoms with Gasteiger partial charge in [-0.2, -0.15) is 0 Å². The summed E-state index contributed by atoms with van der Waals surface area (Å²) in [5.74, 6) is 0.435. The van der Waals surface area contributed by atoms with Crippen molar-refractivity contribution in [3.05, 3.63) is 47.3 Å². The number of imidazole rings is 1. The van der Waals surface area contributed by atoms with Crippen molar-refractivity contribution in [1.82, 2.24) is 25.2 Å². The van der Waals surface area contributed by atoms with Gasteiger partial charge in [-0.15, -0.1) is 0 Å². The van der Waals surface area contributed by atoms with Gasteiger partial charge in [0.05, 0.1) is 31.6 Å². The van der Waals surface area contributed by atoms with Gasteiger partial charge < -0.3 is 19.9 Å². The Morgan fingerprint density at radius 2 is 2.28 bits per heavy atom. The van der Waals surface area contributed by atoms with Gasteiger partial charge >= 0.3 is 0 Å². The molecule has 0 saturated carbocycles. The zero-order valence-electron chi connectivity index (χ0n) is 14.3. The van der Waals surface area contributed by atoms with Gasteiger partial charge in [-0.1, -0.05) is 6.07 Å². The molecule has 1 saturated heterocycles. The maximum absolute atomic E-state index is 12.6. The van der Waals surface area contributed by atoms with Crippen LogP contribution < -0.4 is 5.32 Å². The zero-order chi connectivity index (χ0) is 17.8. The lowest BCUT2D eigenvalue weighted by Crippen LogP contribution is -2.42. The molecule has 1 unspecified atom stereocenters. The predicted octanol–water partition coefficient (Wildman–Crippen LogP) is 0.963. The van der Waals surface area contributed by atoms with E-state index in [0.29, 0.717) is 37.8 Å². The van der Waals surface area contributed by atoms with Crippen LogP contribution >= 0.6 is 0 Å². The molecule has 2 aromatic heterocycles. The lowest BCUT2D eigenvalue weighted by molar-refractivity contribution is -0.119. The first-order valence-corrected chi connectivity index (χ1v) is 8.15. The van der Waals surface area contributed by atoms with Gasteiger partial charge in [0.2, 0.25) is 5.91 Å². The number of nitrogens with one attached hydrogen (secondary N) is 2. The number of pyridine rings is 1. The fourth-order valence-electron chi connectivity index (χ4n) is 2.67. The van der Waals surface area contributed by atoms with Crippen LogP contribution in [0.4, 0.5) is 0 Å². The van der Waals surface area contributed by atoms with Crippen LogP contribution in [0.5, 0.6) is 0 Å². The second kappa shape index (κ2) is 7.43. The molecule has 1 atom stereocenters. The van der Waals surface area contributed by atoms with E-state index in [0.717, 1.165) is 11.4 Å². The number of aryl methyl sites for hydroxylation is 1. The van der Waals surface area contributed by atoms with Gasteiger partial charge in [-0.05, 0) is 19.1 Å². The number of hydrogen-bond acceptors (Lipinski definition) is 5. The molecule has 8 nitrogen and oxygen atoms in total. The first kappa shape index (κ1) is 17.1. The minimum absolute atomic E-state index is 0.104. The minimum Gasteiger partial charge on any atom is -0.367 e. The van der Waals surface area contributed by atoms with Gasteiger partial charge in [-0.3, -0.25) is 9.59 Å². The number of morpholine rings is 1. The number of aromatic amines is 1. The molecule has 2 amide bonds. The number of carbonyl (C=O) groups is 2. The molecule has 1 fully saturated rings. The van der Waals surface area contributed by atoms with Gasteiger partial charge in [0.1, 0.15) is 17.6 Å². The SMILES string of the molecule is CC(=O)NCc1cnc(C2CN(C(=O)c3cccc(C)n3)CCO2)[nH]1. The van der Waals surface area contributed by atoms with Crippen LogP contribution in [-0.4, -0.2) is 51.4 Å². The summed E-state index contributed by atoms with van der Waals surface area (Å²) in [7, 11) is 0. The molecule has 0 aliphatic carbocycles. The highest BCUT2D eigenvalue weighted by Crippen LogP contribution is 2.21. The highest BCUT2D eigenvalue weighted by Gasteiger charge is 2.28. The third kappa shape index (κ3) is 4.21. The van der Waals surface area contributed by atoms with Gasteiger partial charge in [-0.25, -0.2) is 9.97 Å². The van der Waals surface area contributed by atoms with Crippen LogP contribution in [0.3, 0.4) is 0 Å². The molecule has 0 spiro atoms.